The van der Waals surface area contributed by atoms with Crippen LogP contribution >= 0.6 is 86.7 Å². The van der Waals surface area contributed by atoms with E-state index in [0.29, 0.717) is 116 Å². The van der Waals surface area contributed by atoms with E-state index in [1.807, 2.05) is 164 Å². The lowest BCUT2D eigenvalue weighted by molar-refractivity contribution is 0.0593. The molecule has 17 rings (SSSR count). The van der Waals surface area contributed by atoms with Gasteiger partial charge in [0.2, 0.25) is 17.8 Å². The smallest absolute Gasteiger partial charge is 0.356 e. The monoisotopic (exact) mass is 2080 g/mol. The minimum atomic E-state index is -0.515. The highest BCUT2D eigenvalue weighted by Crippen LogP contribution is 2.31. The molecule has 676 valence electrons. The van der Waals surface area contributed by atoms with E-state index < -0.39 is 5.97 Å². The Bertz CT molecular complexity index is 6870. The summed E-state index contributed by atoms with van der Waals surface area (Å²) in [5, 5.41) is 71.5. The maximum absolute atomic E-state index is 12.2. The molecule has 0 aliphatic rings. The topological polar surface area (TPSA) is 347 Å². The quantitative estimate of drug-likeness (QED) is 0.0267. The SMILES string of the molecule is CCc1cnc(N(CCc2ccc(Br)cc2)Cc2nncn2Cc2ccc(C#N)cc2)nc1.COC(=O)c1cc(C)nc(N(CCc2ccc(Br)cc2)Cc2nncn2Cc2ccc(C#N)cc2)n1.N#Cc1ccc(Cn2cnnc2CN(CCc2ccc(Br)cc2)c2nc3ccccc3s2)cc1.N#Cc1ccc(Cn2cnnc2CN(CCc2ccc(Br)cc2)c2nccc(Cl)n2)cc1. The van der Waals surface area contributed by atoms with E-state index in [0.717, 1.165) is 130 Å². The lowest BCUT2D eigenvalue weighted by atomic mass is 10.1. The molecule has 0 saturated carbocycles. The number of fused-ring (bicyclic) bond motifs is 1. The highest BCUT2D eigenvalue weighted by atomic mass is 79.9. The number of para-hydroxylation sites is 1. The van der Waals surface area contributed by atoms with Crippen molar-refractivity contribution >= 4 is 126 Å². The summed E-state index contributed by atoms with van der Waals surface area (Å²) in [6, 6.07) is 83.4. The van der Waals surface area contributed by atoms with Gasteiger partial charge in [-0.05, 0) is 210 Å². The summed E-state index contributed by atoms with van der Waals surface area (Å²) in [6.45, 7) is 11.2. The van der Waals surface area contributed by atoms with E-state index in [9.17, 15) is 4.79 Å². The molecule has 0 saturated heterocycles. The van der Waals surface area contributed by atoms with Gasteiger partial charge in [-0.25, -0.2) is 39.7 Å². The maximum atomic E-state index is 12.2. The van der Waals surface area contributed by atoms with Crippen LogP contribution in [-0.2, 0) is 89.2 Å². The normalized spacial score (nSPS) is 10.7. The van der Waals surface area contributed by atoms with Gasteiger partial charge in [0.1, 0.15) is 30.5 Å². The van der Waals surface area contributed by atoms with Crippen molar-refractivity contribution in [3.05, 3.63) is 404 Å². The number of carbonyl (C=O) groups excluding carboxylic acids is 1. The zero-order chi connectivity index (χ0) is 94.2. The van der Waals surface area contributed by atoms with Crippen molar-refractivity contribution in [2.75, 3.05) is 52.9 Å². The van der Waals surface area contributed by atoms with E-state index >= 15 is 0 Å². The van der Waals surface area contributed by atoms with Crippen LogP contribution in [0, 0.1) is 52.2 Å². The van der Waals surface area contributed by atoms with Crippen LogP contribution in [0.25, 0.3) is 10.2 Å². The molecule has 0 radical (unpaired) electrons. The van der Waals surface area contributed by atoms with Gasteiger partial charge in [0.05, 0.1) is 116 Å². The first-order valence-corrected chi connectivity index (χ1v) is 47.2. The number of hydrogen-bond donors (Lipinski definition) is 0. The predicted octanol–water partition coefficient (Wildman–Crippen LogP) is 19.1. The number of nitrogens with zero attached hydrogens (tertiary/aromatic N) is 27. The molecule has 0 atom stereocenters. The van der Waals surface area contributed by atoms with Crippen LogP contribution in [0.15, 0.2) is 292 Å². The molecule has 135 heavy (non-hydrogen) atoms. The Hall–Kier alpha value is -14.5. The van der Waals surface area contributed by atoms with Crippen LogP contribution in [0.5, 0.6) is 0 Å². The van der Waals surface area contributed by atoms with E-state index in [1.54, 1.807) is 67.1 Å². The first-order valence-electron chi connectivity index (χ1n) is 42.9. The fourth-order valence-electron chi connectivity index (χ4n) is 14.1. The summed E-state index contributed by atoms with van der Waals surface area (Å²) in [4.78, 5) is 52.7. The number of ether oxygens (including phenoxy) is 1. The van der Waals surface area contributed by atoms with E-state index in [-0.39, 0.29) is 5.69 Å². The van der Waals surface area contributed by atoms with Crippen LogP contribution in [-0.4, -0.2) is 133 Å². The Labute approximate surface area is 823 Å². The fraction of sp³-hybridized carbons (Fsp3) is 0.200. The number of rotatable bonds is 34. The number of nitriles is 4. The van der Waals surface area contributed by atoms with Gasteiger partial charge in [-0.3, -0.25) is 0 Å². The number of hydrogen-bond acceptors (Lipinski definition) is 26. The minimum Gasteiger partial charge on any atom is -0.464 e. The largest absolute Gasteiger partial charge is 0.464 e. The number of carbonyl (C=O) groups is 1. The van der Waals surface area contributed by atoms with Crippen molar-refractivity contribution in [1.82, 2.24) is 93.9 Å². The van der Waals surface area contributed by atoms with Gasteiger partial charge in [0, 0.05) is 68.4 Å². The Balaban J connectivity index is 0.000000144. The van der Waals surface area contributed by atoms with Crippen molar-refractivity contribution in [3.8, 4) is 24.3 Å². The lowest BCUT2D eigenvalue weighted by Crippen LogP contribution is -2.29. The number of anilines is 4. The van der Waals surface area contributed by atoms with Gasteiger partial charge >= 0.3 is 5.97 Å². The van der Waals surface area contributed by atoms with Crippen molar-refractivity contribution in [3.63, 3.8) is 0 Å². The molecule has 9 aromatic carbocycles. The molecule has 0 unspecified atom stereocenters. The number of benzene rings is 9. The first-order chi connectivity index (χ1) is 65.9. The summed E-state index contributed by atoms with van der Waals surface area (Å²) >= 11 is 21.8. The highest BCUT2D eigenvalue weighted by molar-refractivity contribution is 9.11. The second kappa shape index (κ2) is 48.8. The van der Waals surface area contributed by atoms with E-state index in [2.05, 4.69) is 265 Å². The van der Waals surface area contributed by atoms with Crippen LogP contribution in [0.4, 0.5) is 23.0 Å². The minimum absolute atomic E-state index is 0.202. The van der Waals surface area contributed by atoms with Gasteiger partial charge in [0.15, 0.2) is 34.1 Å². The lowest BCUT2D eigenvalue weighted by Gasteiger charge is -2.23. The number of halogens is 5. The Morgan fingerprint density at radius 3 is 1.09 bits per heavy atom. The van der Waals surface area contributed by atoms with Crippen LogP contribution in [0.2, 0.25) is 5.15 Å². The second-order valence-corrected chi connectivity index (χ2v) is 36.1. The zero-order valence-corrected chi connectivity index (χ0v) is 81.6. The summed E-state index contributed by atoms with van der Waals surface area (Å²) in [5.74, 6) is 4.34. The number of aryl methyl sites for hydroxylation is 2. The molecule has 0 spiro atoms. The highest BCUT2D eigenvalue weighted by Gasteiger charge is 2.23. The van der Waals surface area contributed by atoms with E-state index in [1.165, 1.54) is 28.5 Å². The predicted molar refractivity (Wildman–Crippen MR) is 533 cm³/mol. The molecule has 0 bridgehead atoms. The molecule has 8 aromatic heterocycles. The van der Waals surface area contributed by atoms with Gasteiger partial charge in [-0.15, -0.1) is 40.8 Å². The van der Waals surface area contributed by atoms with Crippen LogP contribution in [0.3, 0.4) is 0 Å². The average Bonchev–Trinajstić information content (AvgIpc) is 1.68. The van der Waals surface area contributed by atoms with Crippen molar-refractivity contribution < 1.29 is 9.53 Å². The molecule has 8 heterocycles. The van der Waals surface area contributed by atoms with Gasteiger partial charge in [-0.1, -0.05) is 203 Å². The zero-order valence-electron chi connectivity index (χ0n) is 73.7. The van der Waals surface area contributed by atoms with Gasteiger partial charge in [-0.2, -0.15) is 21.0 Å². The number of aromatic nitrogens is 19. The third kappa shape index (κ3) is 28.5. The third-order valence-corrected chi connectivity index (χ3v) is 25.0. The fourth-order valence-corrected chi connectivity index (χ4v) is 16.2. The Morgan fingerprint density at radius 2 is 0.741 bits per heavy atom. The molecule has 0 fully saturated rings. The molecule has 0 amide bonds. The number of thiazole rings is 1. The Kier molecular flexibility index (Phi) is 34.9. The number of esters is 1. The number of methoxy groups -OCH3 is 1. The molecule has 35 heteroatoms. The van der Waals surface area contributed by atoms with Crippen molar-refractivity contribution in [1.29, 1.82) is 21.0 Å². The average molecular weight is 2090 g/mol. The molecular weight excluding hydrogens is 2000 g/mol. The van der Waals surface area contributed by atoms with Crippen molar-refractivity contribution in [2.45, 2.75) is 98.3 Å². The van der Waals surface area contributed by atoms with Crippen LogP contribution < -0.4 is 19.6 Å². The summed E-state index contributed by atoms with van der Waals surface area (Å²) in [6.07, 6.45) is 16.5. The third-order valence-electron chi connectivity index (χ3n) is 21.5. The summed E-state index contributed by atoms with van der Waals surface area (Å²) in [5.41, 5.74) is 14.7. The molecule has 29 nitrogen and oxygen atoms in total. The van der Waals surface area contributed by atoms with Crippen LogP contribution in [0.1, 0.15) is 119 Å². The molecule has 17 aromatic rings. The molecular formula is C100H88Br4ClN27O2S. The van der Waals surface area contributed by atoms with E-state index in [4.69, 9.17) is 42.4 Å². The first kappa shape index (κ1) is 96.6. The molecule has 0 aliphatic heterocycles. The molecule has 0 N–H and O–H groups in total. The summed E-state index contributed by atoms with van der Waals surface area (Å²) in [7, 11) is 1.33. The second-order valence-electron chi connectivity index (χ2n) is 31.0. The maximum Gasteiger partial charge on any atom is 0.356 e. The van der Waals surface area contributed by atoms with Crippen molar-refractivity contribution in [2.24, 2.45) is 0 Å². The summed E-state index contributed by atoms with van der Waals surface area (Å²) < 4.78 is 18.3. The standard InChI is InChI=1S/C26H24BrN7O2.C26H21BrN6S.C25H24BrN7.C23H19BrClN7/c1-18-13-23(25(35)36-2)31-26(30-18)33(12-11-19-7-9-22(27)10-8-19)16-24-32-29-17-34(24)15-21-5-3-20(14-28)4-6-21;27-22-11-9-19(10-12-22)13-14-32(26-30-23-3-1-2-4-24(23)34-26)17-25-31-29-18-33(25)16-21-7-5-20(15-28)6-8-21;1-2-19-14-28-25(29-15-19)32(12-11-20-7-9-23(26)10-8-20)17-24-31-30-18-33(24)16-22-5-3-21(13-27)4-6-22;24-20-7-5-17(6-8-20)10-12-31(23-27-11-9-21(25)29-23)15-22-30-28-16-32(22)14-19-3-1-18(13-26)2-4-19/h3-10,13,17H,11-12,15-16H2,1-2H3;1-12,18H,13-14,16-17H2;3-10,14-15,18H,2,11-12,16-17H2,1H3;1-9,11,16H,10,12,14-15H2. The van der Waals surface area contributed by atoms with Gasteiger partial charge < -0.3 is 42.6 Å². The van der Waals surface area contributed by atoms with Gasteiger partial charge in [0.25, 0.3) is 0 Å². The Morgan fingerprint density at radius 1 is 0.400 bits per heavy atom. The molecule has 0 aliphatic carbocycles.